The van der Waals surface area contributed by atoms with Crippen LogP contribution in [0.4, 0.5) is 5.69 Å². The molecule has 22 heavy (non-hydrogen) atoms. The number of amides is 1. The number of nitrogens with one attached hydrogen (secondary N) is 1. The second kappa shape index (κ2) is 5.56. The monoisotopic (exact) mass is 304 g/mol. The number of carbonyl (C=O) groups is 1. The summed E-state index contributed by atoms with van der Waals surface area (Å²) in [7, 11) is 0. The fourth-order valence-corrected chi connectivity index (χ4v) is 3.24. The van der Waals surface area contributed by atoms with Crippen molar-refractivity contribution in [3.05, 3.63) is 23.8 Å². The number of hydrogen-bond donors (Lipinski definition) is 2. The fourth-order valence-electron chi connectivity index (χ4n) is 3.24. The second-order valence-electron chi connectivity index (χ2n) is 6.91. The lowest BCUT2D eigenvalue weighted by Gasteiger charge is -2.34. The predicted molar refractivity (Wildman–Crippen MR) is 85.0 cm³/mol. The first-order valence-corrected chi connectivity index (χ1v) is 7.85. The molecule has 120 valence electrons. The van der Waals surface area contributed by atoms with E-state index in [0.29, 0.717) is 32.6 Å². The number of fused-ring (bicyclic) bond motifs is 1. The van der Waals surface area contributed by atoms with E-state index in [1.807, 2.05) is 18.2 Å². The van der Waals surface area contributed by atoms with Crippen LogP contribution < -0.4 is 15.8 Å². The number of benzene rings is 1. The first-order chi connectivity index (χ1) is 10.4. The van der Waals surface area contributed by atoms with E-state index in [2.05, 4.69) is 19.2 Å². The summed E-state index contributed by atoms with van der Waals surface area (Å²) in [6, 6.07) is 5.83. The van der Waals surface area contributed by atoms with Crippen molar-refractivity contribution in [3.63, 3.8) is 0 Å². The molecule has 5 nitrogen and oxygen atoms in total. The molecule has 0 spiro atoms. The largest absolute Gasteiger partial charge is 0.487 e. The average Bonchev–Trinajstić information content (AvgIpc) is 2.81. The van der Waals surface area contributed by atoms with Crippen LogP contribution in [0, 0.1) is 5.41 Å². The summed E-state index contributed by atoms with van der Waals surface area (Å²) in [4.78, 5) is 12.7. The van der Waals surface area contributed by atoms with Gasteiger partial charge in [-0.1, -0.05) is 0 Å². The number of carbonyl (C=O) groups excluding carboxylic acids is 1. The standard InChI is InChI=1S/C17H24N2O3/c1-16(2)10-12-9-13(3-4-14(12)22-16)19-15(20)17(11-18)5-7-21-8-6-17/h3-4,9H,5-8,10-11,18H2,1-2H3,(H,19,20). The van der Waals surface area contributed by atoms with Crippen LogP contribution in [0.3, 0.4) is 0 Å². The van der Waals surface area contributed by atoms with Crippen molar-refractivity contribution in [1.82, 2.24) is 0 Å². The van der Waals surface area contributed by atoms with Gasteiger partial charge in [0.25, 0.3) is 0 Å². The molecule has 0 saturated carbocycles. The lowest BCUT2D eigenvalue weighted by Crippen LogP contribution is -2.46. The maximum Gasteiger partial charge on any atom is 0.232 e. The van der Waals surface area contributed by atoms with E-state index < -0.39 is 5.41 Å². The highest BCUT2D eigenvalue weighted by Crippen LogP contribution is 2.37. The fraction of sp³-hybridized carbons (Fsp3) is 0.588. The van der Waals surface area contributed by atoms with Crippen molar-refractivity contribution in [1.29, 1.82) is 0 Å². The van der Waals surface area contributed by atoms with Gasteiger partial charge in [-0.15, -0.1) is 0 Å². The predicted octanol–water partition coefficient (Wildman–Crippen LogP) is 2.09. The van der Waals surface area contributed by atoms with Crippen molar-refractivity contribution >= 4 is 11.6 Å². The Bertz CT molecular complexity index is 577. The quantitative estimate of drug-likeness (QED) is 0.897. The smallest absolute Gasteiger partial charge is 0.232 e. The van der Waals surface area contributed by atoms with Gasteiger partial charge in [0.2, 0.25) is 5.91 Å². The van der Waals surface area contributed by atoms with Gasteiger partial charge < -0.3 is 20.5 Å². The van der Waals surface area contributed by atoms with Gasteiger partial charge in [0.15, 0.2) is 0 Å². The molecule has 0 unspecified atom stereocenters. The number of ether oxygens (including phenoxy) is 2. The number of nitrogens with two attached hydrogens (primary N) is 1. The highest BCUT2D eigenvalue weighted by atomic mass is 16.5. The van der Waals surface area contributed by atoms with E-state index in [0.717, 1.165) is 23.4 Å². The molecule has 0 radical (unpaired) electrons. The lowest BCUT2D eigenvalue weighted by molar-refractivity contribution is -0.130. The summed E-state index contributed by atoms with van der Waals surface area (Å²) in [6.07, 6.45) is 2.20. The van der Waals surface area contributed by atoms with E-state index in [4.69, 9.17) is 15.2 Å². The zero-order valence-electron chi connectivity index (χ0n) is 13.3. The van der Waals surface area contributed by atoms with Crippen LogP contribution in [0.1, 0.15) is 32.3 Å². The summed E-state index contributed by atoms with van der Waals surface area (Å²) in [5, 5.41) is 3.03. The Balaban J connectivity index is 1.75. The number of hydrogen-bond acceptors (Lipinski definition) is 4. The van der Waals surface area contributed by atoms with Crippen LogP contribution in [0.5, 0.6) is 5.75 Å². The molecule has 0 atom stereocenters. The first kappa shape index (κ1) is 15.3. The highest BCUT2D eigenvalue weighted by molar-refractivity contribution is 5.95. The van der Waals surface area contributed by atoms with Gasteiger partial charge in [-0.05, 0) is 44.9 Å². The van der Waals surface area contributed by atoms with Gasteiger partial charge in [-0.3, -0.25) is 4.79 Å². The minimum Gasteiger partial charge on any atom is -0.487 e. The molecule has 2 aliphatic heterocycles. The van der Waals surface area contributed by atoms with Crippen LogP contribution in [0.2, 0.25) is 0 Å². The molecular weight excluding hydrogens is 280 g/mol. The number of rotatable bonds is 3. The highest BCUT2D eigenvalue weighted by Gasteiger charge is 2.39. The molecule has 1 fully saturated rings. The minimum atomic E-state index is -0.507. The van der Waals surface area contributed by atoms with E-state index >= 15 is 0 Å². The molecule has 0 aromatic heterocycles. The van der Waals surface area contributed by atoms with E-state index in [9.17, 15) is 4.79 Å². The van der Waals surface area contributed by atoms with E-state index in [-0.39, 0.29) is 11.5 Å². The van der Waals surface area contributed by atoms with Crippen LogP contribution in [0.25, 0.3) is 0 Å². The number of anilines is 1. The topological polar surface area (TPSA) is 73.6 Å². The Labute approximate surface area is 131 Å². The van der Waals surface area contributed by atoms with Gasteiger partial charge in [0, 0.05) is 37.4 Å². The molecule has 2 heterocycles. The van der Waals surface area contributed by atoms with E-state index in [1.54, 1.807) is 0 Å². The molecule has 2 aliphatic rings. The van der Waals surface area contributed by atoms with Gasteiger partial charge in [-0.2, -0.15) is 0 Å². The maximum atomic E-state index is 12.7. The van der Waals surface area contributed by atoms with Crippen molar-refractivity contribution < 1.29 is 14.3 Å². The molecule has 1 amide bonds. The van der Waals surface area contributed by atoms with Gasteiger partial charge in [-0.25, -0.2) is 0 Å². The van der Waals surface area contributed by atoms with Gasteiger partial charge >= 0.3 is 0 Å². The normalized spacial score (nSPS) is 21.8. The van der Waals surface area contributed by atoms with Crippen LogP contribution in [-0.2, 0) is 16.0 Å². The third-order valence-corrected chi connectivity index (χ3v) is 4.64. The molecule has 3 N–H and O–H groups in total. The molecule has 1 saturated heterocycles. The third kappa shape index (κ3) is 2.83. The van der Waals surface area contributed by atoms with Gasteiger partial charge in [0.1, 0.15) is 11.4 Å². The lowest BCUT2D eigenvalue weighted by atomic mass is 9.79. The summed E-state index contributed by atoms with van der Waals surface area (Å²) in [5.41, 5.74) is 7.14. The van der Waals surface area contributed by atoms with Crippen molar-refractivity contribution in [2.45, 2.75) is 38.7 Å². The zero-order chi connectivity index (χ0) is 15.8. The molecule has 1 aromatic rings. The molecule has 3 rings (SSSR count). The summed E-state index contributed by atoms with van der Waals surface area (Å²) in [6.45, 7) is 5.67. The zero-order valence-corrected chi connectivity index (χ0v) is 13.3. The molecule has 0 bridgehead atoms. The SMILES string of the molecule is CC1(C)Cc2cc(NC(=O)C3(CN)CCOCC3)ccc2O1. The Morgan fingerprint density at radius 2 is 2.05 bits per heavy atom. The second-order valence-corrected chi connectivity index (χ2v) is 6.91. The summed E-state index contributed by atoms with van der Waals surface area (Å²) < 4.78 is 11.2. The maximum absolute atomic E-state index is 12.7. The Kier molecular flexibility index (Phi) is 3.87. The van der Waals surface area contributed by atoms with Crippen LogP contribution in [0.15, 0.2) is 18.2 Å². The first-order valence-electron chi connectivity index (χ1n) is 7.85. The summed E-state index contributed by atoms with van der Waals surface area (Å²) >= 11 is 0. The minimum absolute atomic E-state index is 0.00331. The Hall–Kier alpha value is -1.59. The summed E-state index contributed by atoms with van der Waals surface area (Å²) in [5.74, 6) is 0.902. The Morgan fingerprint density at radius 3 is 2.73 bits per heavy atom. The van der Waals surface area contributed by atoms with Crippen molar-refractivity contribution in [3.8, 4) is 5.75 Å². The molecule has 5 heteroatoms. The third-order valence-electron chi connectivity index (χ3n) is 4.64. The average molecular weight is 304 g/mol. The molecular formula is C17H24N2O3. The van der Waals surface area contributed by atoms with Crippen molar-refractivity contribution in [2.75, 3.05) is 25.1 Å². The van der Waals surface area contributed by atoms with E-state index in [1.165, 1.54) is 0 Å². The van der Waals surface area contributed by atoms with Crippen molar-refractivity contribution in [2.24, 2.45) is 11.1 Å². The van der Waals surface area contributed by atoms with Gasteiger partial charge in [0.05, 0.1) is 5.41 Å². The molecule has 1 aromatic carbocycles. The molecule has 0 aliphatic carbocycles. The van der Waals surface area contributed by atoms with Crippen LogP contribution in [-0.4, -0.2) is 31.3 Å². The Morgan fingerprint density at radius 1 is 1.32 bits per heavy atom. The van der Waals surface area contributed by atoms with Crippen LogP contribution >= 0.6 is 0 Å².